The van der Waals surface area contributed by atoms with Crippen molar-refractivity contribution in [1.82, 2.24) is 14.7 Å². The van der Waals surface area contributed by atoms with E-state index in [4.69, 9.17) is 0 Å². The van der Waals surface area contributed by atoms with Gasteiger partial charge in [-0.1, -0.05) is 18.2 Å². The van der Waals surface area contributed by atoms with Crippen LogP contribution in [0.25, 0.3) is 5.65 Å². The molecule has 2 heterocycles. The Morgan fingerprint density at radius 3 is 2.75 bits per heavy atom. The van der Waals surface area contributed by atoms with Gasteiger partial charge in [-0.15, -0.1) is 0 Å². The Bertz CT molecular complexity index is 823. The second kappa shape index (κ2) is 6.41. The molecule has 0 spiro atoms. The molecule has 3 aromatic rings. The first-order valence-electron chi connectivity index (χ1n) is 7.62. The van der Waals surface area contributed by atoms with Crippen LogP contribution in [-0.2, 0) is 16.8 Å². The molecular weight excluding hydrogens is 309 g/mol. The number of aromatic nitrogens is 2. The summed E-state index contributed by atoms with van der Waals surface area (Å²) in [5.41, 5.74) is 0.693. The zero-order valence-corrected chi connectivity index (χ0v) is 13.2. The average molecular weight is 327 g/mol. The van der Waals surface area contributed by atoms with Crippen molar-refractivity contribution < 1.29 is 14.3 Å². The summed E-state index contributed by atoms with van der Waals surface area (Å²) in [6, 6.07) is 11.2. The Morgan fingerprint density at radius 1 is 1.29 bits per heavy atom. The Morgan fingerprint density at radius 2 is 2.04 bits per heavy atom. The number of nitrogens with one attached hydrogen (secondary N) is 1. The van der Waals surface area contributed by atoms with Gasteiger partial charge in [0.25, 0.3) is 0 Å². The van der Waals surface area contributed by atoms with Crippen LogP contribution in [0.15, 0.2) is 54.9 Å². The van der Waals surface area contributed by atoms with Crippen molar-refractivity contribution in [3.05, 3.63) is 71.9 Å². The van der Waals surface area contributed by atoms with Crippen LogP contribution in [0.3, 0.4) is 0 Å². The fourth-order valence-electron chi connectivity index (χ4n) is 2.48. The number of halogens is 1. The molecular formula is C18H18FN3O2. The molecule has 0 aliphatic carbocycles. The number of pyridine rings is 1. The number of fused-ring (bicyclic) bond motifs is 1. The molecule has 1 atom stereocenters. The number of hydrogen-bond acceptors (Lipinski definition) is 3. The first-order chi connectivity index (χ1) is 11.4. The van der Waals surface area contributed by atoms with E-state index in [0.717, 1.165) is 5.65 Å². The normalized spacial score (nSPS) is 13.6. The SMILES string of the molecule is CC(O)(CNC(=O)Cc1cn2ccccc2n1)c1ccc(F)cc1. The largest absolute Gasteiger partial charge is 0.384 e. The zero-order chi connectivity index (χ0) is 17.2. The number of nitrogens with zero attached hydrogens (tertiary/aromatic N) is 2. The highest BCUT2D eigenvalue weighted by Crippen LogP contribution is 2.19. The molecule has 1 unspecified atom stereocenters. The lowest BCUT2D eigenvalue weighted by Crippen LogP contribution is -2.39. The molecule has 3 rings (SSSR count). The van der Waals surface area contributed by atoms with Gasteiger partial charge in [0.2, 0.25) is 5.91 Å². The van der Waals surface area contributed by atoms with Crippen LogP contribution < -0.4 is 5.32 Å². The molecule has 0 saturated heterocycles. The summed E-state index contributed by atoms with van der Waals surface area (Å²) in [7, 11) is 0. The van der Waals surface area contributed by atoms with Crippen molar-refractivity contribution in [2.24, 2.45) is 0 Å². The monoisotopic (exact) mass is 327 g/mol. The number of imidazole rings is 1. The summed E-state index contributed by atoms with van der Waals surface area (Å²) in [6.07, 6.45) is 3.79. The fourth-order valence-corrected chi connectivity index (χ4v) is 2.48. The van der Waals surface area contributed by atoms with Crippen LogP contribution in [0.1, 0.15) is 18.2 Å². The minimum atomic E-state index is -1.28. The maximum Gasteiger partial charge on any atom is 0.226 e. The molecule has 0 aliphatic heterocycles. The number of benzene rings is 1. The topological polar surface area (TPSA) is 66.6 Å². The van der Waals surface area contributed by atoms with Gasteiger partial charge >= 0.3 is 0 Å². The van der Waals surface area contributed by atoms with E-state index < -0.39 is 5.60 Å². The molecule has 2 N–H and O–H groups in total. The fraction of sp³-hybridized carbons (Fsp3) is 0.222. The number of hydrogen-bond donors (Lipinski definition) is 2. The predicted molar refractivity (Wildman–Crippen MR) is 87.9 cm³/mol. The van der Waals surface area contributed by atoms with E-state index in [1.54, 1.807) is 13.1 Å². The quantitative estimate of drug-likeness (QED) is 0.754. The Labute approximate surface area is 138 Å². The molecule has 0 radical (unpaired) electrons. The number of amides is 1. The van der Waals surface area contributed by atoms with Crippen molar-refractivity contribution in [1.29, 1.82) is 0 Å². The van der Waals surface area contributed by atoms with Crippen molar-refractivity contribution in [3.63, 3.8) is 0 Å². The van der Waals surface area contributed by atoms with Crippen LogP contribution in [-0.4, -0.2) is 26.9 Å². The van der Waals surface area contributed by atoms with E-state index >= 15 is 0 Å². The number of carbonyl (C=O) groups is 1. The Hall–Kier alpha value is -2.73. The Kier molecular flexibility index (Phi) is 4.31. The lowest BCUT2D eigenvalue weighted by molar-refractivity contribution is -0.121. The van der Waals surface area contributed by atoms with E-state index in [2.05, 4.69) is 10.3 Å². The van der Waals surface area contributed by atoms with Gasteiger partial charge < -0.3 is 14.8 Å². The van der Waals surface area contributed by atoms with Gasteiger partial charge in [0.1, 0.15) is 17.1 Å². The summed E-state index contributed by atoms with van der Waals surface area (Å²) in [5.74, 6) is -0.605. The highest BCUT2D eigenvalue weighted by Gasteiger charge is 2.24. The minimum absolute atomic E-state index is 0.0326. The maximum absolute atomic E-state index is 13.0. The minimum Gasteiger partial charge on any atom is -0.384 e. The lowest BCUT2D eigenvalue weighted by atomic mass is 9.96. The van der Waals surface area contributed by atoms with Crippen LogP contribution in [0.5, 0.6) is 0 Å². The maximum atomic E-state index is 13.0. The summed E-state index contributed by atoms with van der Waals surface area (Å²) in [4.78, 5) is 16.5. The van der Waals surface area contributed by atoms with E-state index in [0.29, 0.717) is 11.3 Å². The van der Waals surface area contributed by atoms with Gasteiger partial charge in [0.15, 0.2) is 0 Å². The molecule has 0 fully saturated rings. The summed E-state index contributed by atoms with van der Waals surface area (Å²) in [5, 5.41) is 13.1. The van der Waals surface area contributed by atoms with Crippen molar-refractivity contribution in [2.75, 3.05) is 6.54 Å². The number of carbonyl (C=O) groups excluding carboxylic acids is 1. The molecule has 124 valence electrons. The number of aliphatic hydroxyl groups is 1. The van der Waals surface area contributed by atoms with Crippen molar-refractivity contribution >= 4 is 11.6 Å². The van der Waals surface area contributed by atoms with Gasteiger partial charge in [-0.2, -0.15) is 0 Å². The van der Waals surface area contributed by atoms with Crippen LogP contribution in [0.4, 0.5) is 4.39 Å². The summed E-state index contributed by atoms with van der Waals surface area (Å²) < 4.78 is 14.8. The van der Waals surface area contributed by atoms with Gasteiger partial charge in [-0.05, 0) is 36.8 Å². The van der Waals surface area contributed by atoms with E-state index in [1.165, 1.54) is 24.3 Å². The molecule has 5 nitrogen and oxygen atoms in total. The molecule has 24 heavy (non-hydrogen) atoms. The van der Waals surface area contributed by atoms with E-state index in [9.17, 15) is 14.3 Å². The second-order valence-electron chi connectivity index (χ2n) is 5.93. The van der Waals surface area contributed by atoms with Crippen LogP contribution >= 0.6 is 0 Å². The van der Waals surface area contributed by atoms with Crippen LogP contribution in [0.2, 0.25) is 0 Å². The average Bonchev–Trinajstić information content (AvgIpc) is 2.95. The highest BCUT2D eigenvalue weighted by molar-refractivity contribution is 5.78. The highest BCUT2D eigenvalue weighted by atomic mass is 19.1. The first kappa shape index (κ1) is 16.1. The lowest BCUT2D eigenvalue weighted by Gasteiger charge is -2.24. The summed E-state index contributed by atoms with van der Waals surface area (Å²) >= 11 is 0. The van der Waals surface area contributed by atoms with E-state index in [1.807, 2.05) is 28.8 Å². The predicted octanol–water partition coefficient (Wildman–Crippen LogP) is 2.04. The third kappa shape index (κ3) is 3.60. The second-order valence-corrected chi connectivity index (χ2v) is 5.93. The third-order valence-electron chi connectivity index (χ3n) is 3.85. The zero-order valence-electron chi connectivity index (χ0n) is 13.2. The molecule has 6 heteroatoms. The van der Waals surface area contributed by atoms with Crippen molar-refractivity contribution in [2.45, 2.75) is 18.9 Å². The van der Waals surface area contributed by atoms with E-state index in [-0.39, 0.29) is 24.7 Å². The van der Waals surface area contributed by atoms with Gasteiger partial charge in [-0.25, -0.2) is 9.37 Å². The molecule has 0 bridgehead atoms. The molecule has 0 aliphatic rings. The smallest absolute Gasteiger partial charge is 0.226 e. The standard InChI is InChI=1S/C18H18FN3O2/c1-18(24,13-5-7-14(19)8-6-13)12-20-17(23)10-15-11-22-9-3-2-4-16(22)21-15/h2-9,11,24H,10,12H2,1H3,(H,20,23). The third-order valence-corrected chi connectivity index (χ3v) is 3.85. The first-order valence-corrected chi connectivity index (χ1v) is 7.62. The van der Waals surface area contributed by atoms with Gasteiger partial charge in [-0.3, -0.25) is 4.79 Å². The van der Waals surface area contributed by atoms with Crippen LogP contribution in [0, 0.1) is 5.82 Å². The Balaban J connectivity index is 1.61. The molecule has 0 saturated carbocycles. The molecule has 2 aromatic heterocycles. The molecule has 1 aromatic carbocycles. The van der Waals surface area contributed by atoms with Gasteiger partial charge in [0.05, 0.1) is 18.7 Å². The molecule has 1 amide bonds. The summed E-state index contributed by atoms with van der Waals surface area (Å²) in [6.45, 7) is 1.61. The van der Waals surface area contributed by atoms with Gasteiger partial charge in [0, 0.05) is 12.4 Å². The number of rotatable bonds is 5. The van der Waals surface area contributed by atoms with Crippen molar-refractivity contribution in [3.8, 4) is 0 Å².